The molecule has 0 aromatic heterocycles. The average molecular weight is 369 g/mol. The monoisotopic (exact) mass is 368 g/mol. The van der Waals surface area contributed by atoms with E-state index in [1.165, 1.54) is 38.8 Å². The number of likely N-dealkylation sites (tertiary alicyclic amines) is 2. The number of ether oxygens (including phenoxy) is 1. The maximum Gasteiger partial charge on any atom is 0.228 e. The summed E-state index contributed by atoms with van der Waals surface area (Å²) < 4.78 is 5.43. The fraction of sp³-hybridized carbons (Fsp3) is 0.696. The van der Waals surface area contributed by atoms with Crippen LogP contribution in [-0.4, -0.2) is 55.1 Å². The number of hydrogen-bond donors (Lipinski definition) is 0. The molecule has 1 aliphatic carbocycles. The minimum absolute atomic E-state index is 0.109. The van der Waals surface area contributed by atoms with Crippen molar-refractivity contribution in [2.45, 2.75) is 56.4 Å². The third kappa shape index (κ3) is 3.11. The van der Waals surface area contributed by atoms with Crippen molar-refractivity contribution in [2.75, 3.05) is 39.4 Å². The van der Waals surface area contributed by atoms with Gasteiger partial charge < -0.3 is 9.64 Å². The van der Waals surface area contributed by atoms with Crippen LogP contribution in [0.25, 0.3) is 0 Å². The fourth-order valence-electron chi connectivity index (χ4n) is 6.07. The molecule has 1 aromatic rings. The van der Waals surface area contributed by atoms with E-state index in [2.05, 4.69) is 34.1 Å². The van der Waals surface area contributed by atoms with Crippen molar-refractivity contribution >= 4 is 5.91 Å². The zero-order valence-corrected chi connectivity index (χ0v) is 16.4. The lowest BCUT2D eigenvalue weighted by molar-refractivity contribution is -0.137. The largest absolute Gasteiger partial charge is 0.381 e. The van der Waals surface area contributed by atoms with Crippen LogP contribution in [0.3, 0.4) is 0 Å². The summed E-state index contributed by atoms with van der Waals surface area (Å²) in [5, 5.41) is 0. The molecule has 5 rings (SSSR count). The Balaban J connectivity index is 1.34. The Labute approximate surface area is 162 Å². The first-order valence-electron chi connectivity index (χ1n) is 11.0. The van der Waals surface area contributed by atoms with Crippen LogP contribution in [0.4, 0.5) is 0 Å². The van der Waals surface area contributed by atoms with Crippen LogP contribution in [0.15, 0.2) is 24.3 Å². The second-order valence-corrected chi connectivity index (χ2v) is 9.05. The van der Waals surface area contributed by atoms with Crippen molar-refractivity contribution in [1.29, 1.82) is 0 Å². The smallest absolute Gasteiger partial charge is 0.228 e. The van der Waals surface area contributed by atoms with Gasteiger partial charge in [0.1, 0.15) is 0 Å². The second-order valence-electron chi connectivity index (χ2n) is 9.05. The van der Waals surface area contributed by atoms with Crippen molar-refractivity contribution in [3.8, 4) is 0 Å². The number of fused-ring (bicyclic) bond motifs is 2. The highest BCUT2D eigenvalue weighted by molar-refractivity contribution is 5.79. The van der Waals surface area contributed by atoms with E-state index >= 15 is 0 Å². The molecule has 146 valence electrons. The molecule has 0 saturated carbocycles. The van der Waals surface area contributed by atoms with Gasteiger partial charge in [-0.15, -0.1) is 0 Å². The summed E-state index contributed by atoms with van der Waals surface area (Å²) in [6, 6.07) is 9.83. The third-order valence-electron chi connectivity index (χ3n) is 7.68. The van der Waals surface area contributed by atoms with Gasteiger partial charge in [-0.2, -0.15) is 0 Å². The van der Waals surface area contributed by atoms with Gasteiger partial charge in [0, 0.05) is 25.7 Å². The molecule has 3 aliphatic heterocycles. The number of benzene rings is 1. The number of piperidine rings is 1. The number of hydrogen-bond acceptors (Lipinski definition) is 3. The molecule has 2 atom stereocenters. The molecular formula is C23H32N2O2. The predicted molar refractivity (Wildman–Crippen MR) is 106 cm³/mol. The summed E-state index contributed by atoms with van der Waals surface area (Å²) >= 11 is 0. The van der Waals surface area contributed by atoms with Crippen molar-refractivity contribution < 1.29 is 9.53 Å². The Morgan fingerprint density at radius 2 is 1.78 bits per heavy atom. The molecule has 3 heterocycles. The van der Waals surface area contributed by atoms with Crippen LogP contribution < -0.4 is 0 Å². The van der Waals surface area contributed by atoms with Gasteiger partial charge in [0.15, 0.2) is 0 Å². The molecule has 4 aliphatic rings. The average Bonchev–Trinajstić information content (AvgIpc) is 3.43. The van der Waals surface area contributed by atoms with Gasteiger partial charge in [0.25, 0.3) is 0 Å². The van der Waals surface area contributed by atoms with Crippen LogP contribution in [-0.2, 0) is 14.9 Å². The zero-order valence-electron chi connectivity index (χ0n) is 16.4. The lowest BCUT2D eigenvalue weighted by Crippen LogP contribution is -2.49. The lowest BCUT2D eigenvalue weighted by Gasteiger charge is -2.48. The minimum atomic E-state index is 0.109. The standard InChI is InChI=1S/C23H32N2O2/c26-22(18-8-16-27-17-18)25-14-10-23(11-15-25)9-7-21(24-12-3-4-13-24)19-5-1-2-6-20(19)23/h1-2,5-6,18,21H,3-4,7-17H2. The summed E-state index contributed by atoms with van der Waals surface area (Å²) in [7, 11) is 0. The molecule has 1 amide bonds. The molecule has 1 aromatic carbocycles. The van der Waals surface area contributed by atoms with Gasteiger partial charge in [-0.1, -0.05) is 24.3 Å². The first kappa shape index (κ1) is 17.7. The summed E-state index contributed by atoms with van der Waals surface area (Å²) in [5.41, 5.74) is 3.45. The summed E-state index contributed by atoms with van der Waals surface area (Å²) in [5.74, 6) is 0.443. The molecule has 0 radical (unpaired) electrons. The third-order valence-corrected chi connectivity index (χ3v) is 7.68. The first-order chi connectivity index (χ1) is 13.3. The summed E-state index contributed by atoms with van der Waals surface area (Å²) in [6.45, 7) is 5.73. The summed E-state index contributed by atoms with van der Waals surface area (Å²) in [6.07, 6.45) is 8.41. The number of carbonyl (C=O) groups is 1. The molecule has 0 N–H and O–H groups in total. The van der Waals surface area contributed by atoms with Crippen LogP contribution in [0.1, 0.15) is 62.1 Å². The molecule has 1 spiro atoms. The van der Waals surface area contributed by atoms with Gasteiger partial charge in [-0.3, -0.25) is 9.69 Å². The lowest BCUT2D eigenvalue weighted by atomic mass is 9.63. The Morgan fingerprint density at radius 3 is 2.52 bits per heavy atom. The highest BCUT2D eigenvalue weighted by Crippen LogP contribution is 2.50. The van der Waals surface area contributed by atoms with Crippen molar-refractivity contribution in [2.24, 2.45) is 5.92 Å². The van der Waals surface area contributed by atoms with Gasteiger partial charge in [-0.25, -0.2) is 0 Å². The number of amides is 1. The minimum Gasteiger partial charge on any atom is -0.381 e. The second kappa shape index (κ2) is 7.21. The molecular weight excluding hydrogens is 336 g/mol. The van der Waals surface area contributed by atoms with Crippen LogP contribution in [0.2, 0.25) is 0 Å². The van der Waals surface area contributed by atoms with E-state index in [1.54, 1.807) is 11.1 Å². The van der Waals surface area contributed by atoms with E-state index in [0.29, 0.717) is 18.6 Å². The van der Waals surface area contributed by atoms with E-state index in [0.717, 1.165) is 39.0 Å². The Hall–Kier alpha value is -1.39. The molecule has 4 nitrogen and oxygen atoms in total. The van der Waals surface area contributed by atoms with Crippen LogP contribution >= 0.6 is 0 Å². The van der Waals surface area contributed by atoms with E-state index in [1.807, 2.05) is 0 Å². The van der Waals surface area contributed by atoms with E-state index in [9.17, 15) is 4.79 Å². The van der Waals surface area contributed by atoms with Crippen molar-refractivity contribution in [3.63, 3.8) is 0 Å². The Morgan fingerprint density at radius 1 is 1.00 bits per heavy atom. The molecule has 3 fully saturated rings. The normalized spacial score (nSPS) is 30.6. The molecule has 27 heavy (non-hydrogen) atoms. The molecule has 0 bridgehead atoms. The van der Waals surface area contributed by atoms with E-state index in [-0.39, 0.29) is 11.3 Å². The maximum absolute atomic E-state index is 12.8. The van der Waals surface area contributed by atoms with E-state index in [4.69, 9.17) is 4.74 Å². The maximum atomic E-state index is 12.8. The predicted octanol–water partition coefficient (Wildman–Crippen LogP) is 3.51. The molecule has 3 saturated heterocycles. The van der Waals surface area contributed by atoms with Gasteiger partial charge >= 0.3 is 0 Å². The van der Waals surface area contributed by atoms with E-state index < -0.39 is 0 Å². The van der Waals surface area contributed by atoms with Crippen molar-refractivity contribution in [3.05, 3.63) is 35.4 Å². The van der Waals surface area contributed by atoms with Gasteiger partial charge in [-0.05, 0) is 74.6 Å². The fourth-order valence-corrected chi connectivity index (χ4v) is 6.07. The quantitative estimate of drug-likeness (QED) is 0.801. The molecule has 4 heteroatoms. The van der Waals surface area contributed by atoms with Crippen molar-refractivity contribution in [1.82, 2.24) is 9.80 Å². The highest BCUT2D eigenvalue weighted by Gasteiger charge is 2.44. The Kier molecular flexibility index (Phi) is 4.73. The molecule has 2 unspecified atom stereocenters. The Bertz CT molecular complexity index is 683. The number of carbonyl (C=O) groups excluding carboxylic acids is 1. The van der Waals surface area contributed by atoms with Crippen LogP contribution in [0, 0.1) is 5.92 Å². The topological polar surface area (TPSA) is 32.8 Å². The number of rotatable bonds is 2. The highest BCUT2D eigenvalue weighted by atomic mass is 16.5. The SMILES string of the molecule is O=C(C1CCOC1)N1CCC2(CCC(N3CCCC3)c3ccccc32)CC1. The van der Waals surface area contributed by atoms with Gasteiger partial charge in [0.2, 0.25) is 5.91 Å². The van der Waals surface area contributed by atoms with Gasteiger partial charge in [0.05, 0.1) is 12.5 Å². The summed E-state index contributed by atoms with van der Waals surface area (Å²) in [4.78, 5) is 17.6. The first-order valence-corrected chi connectivity index (χ1v) is 11.0. The number of nitrogens with zero attached hydrogens (tertiary/aromatic N) is 2. The zero-order chi connectivity index (χ0) is 18.3. The van der Waals surface area contributed by atoms with Crippen LogP contribution in [0.5, 0.6) is 0 Å².